The molecule has 1 N–H and O–H groups in total. The van der Waals surface area contributed by atoms with Gasteiger partial charge < -0.3 is 24.9 Å². The quantitative estimate of drug-likeness (QED) is 0.524. The number of nitrogens with zero attached hydrogens (tertiary/aromatic N) is 1. The number of carbonyl (C=O) groups excluding carboxylic acids is 2. The zero-order chi connectivity index (χ0) is 14.3. The first-order valence-electron chi connectivity index (χ1n) is 5.97. The number of ether oxygens (including phenoxy) is 1. The van der Waals surface area contributed by atoms with Crippen molar-refractivity contribution in [3.8, 4) is 0 Å². The van der Waals surface area contributed by atoms with Crippen molar-refractivity contribution in [1.29, 1.82) is 0 Å². The molecule has 0 rings (SSSR count). The van der Waals surface area contributed by atoms with Crippen LogP contribution in [0.1, 0.15) is 33.6 Å². The summed E-state index contributed by atoms with van der Waals surface area (Å²) in [6.07, 6.45) is 0.239. The molecule has 1 amide bonds. The molecule has 19 heavy (non-hydrogen) atoms. The second-order valence-electron chi connectivity index (χ2n) is 5.46. The molecule has 0 aromatic carbocycles. The van der Waals surface area contributed by atoms with Gasteiger partial charge in [0.25, 0.3) is 0 Å². The van der Waals surface area contributed by atoms with Gasteiger partial charge in [0, 0.05) is 0 Å². The number of alkyl carbamates (subject to hydrolysis) is 1. The first-order chi connectivity index (χ1) is 8.11. The number of carbonyl (C=O) groups is 2. The monoisotopic (exact) mass is 282 g/mol. The Kier molecular flexibility index (Phi) is 10.6. The Balaban J connectivity index is 0. The Morgan fingerprint density at radius 2 is 1.84 bits per heavy atom. The molecule has 0 aliphatic rings. The average molecular weight is 282 g/mol. The van der Waals surface area contributed by atoms with Gasteiger partial charge in [-0.2, -0.15) is 0 Å². The minimum Gasteiger partial charge on any atom is -0.548 e. The Hall–Kier alpha value is -0.300. The van der Waals surface area contributed by atoms with E-state index in [9.17, 15) is 14.7 Å². The van der Waals surface area contributed by atoms with Gasteiger partial charge in [0.05, 0.1) is 12.0 Å². The standard InChI is InChI=1S/C12H24N2O4.Na/c1-12(2,3)18-11(17)13-9(10(15)16)7-6-8-14(4)5;/h9H,6-8H2,1-5H3,(H,13,17)(H,15,16);/q;+1/p-1/t9-;/m0./s1. The van der Waals surface area contributed by atoms with E-state index in [0.29, 0.717) is 12.8 Å². The summed E-state index contributed by atoms with van der Waals surface area (Å²) in [5.41, 5.74) is -0.649. The zero-order valence-electron chi connectivity index (χ0n) is 12.8. The number of carboxylic acid groups (broad SMARTS) is 1. The number of hydrogen-bond acceptors (Lipinski definition) is 5. The smallest absolute Gasteiger partial charge is 0.548 e. The van der Waals surface area contributed by atoms with Crippen LogP contribution < -0.4 is 40.0 Å². The summed E-state index contributed by atoms with van der Waals surface area (Å²) < 4.78 is 4.99. The van der Waals surface area contributed by atoms with E-state index in [1.54, 1.807) is 20.8 Å². The van der Waals surface area contributed by atoms with Crippen molar-refractivity contribution in [2.45, 2.75) is 45.3 Å². The number of aliphatic carboxylic acids is 1. The SMILES string of the molecule is CN(C)CCC[C@H](NC(=O)OC(C)(C)C)C(=O)[O-].[Na+]. The maximum atomic E-state index is 11.4. The van der Waals surface area contributed by atoms with E-state index in [1.165, 1.54) is 0 Å². The Morgan fingerprint density at radius 3 is 2.21 bits per heavy atom. The van der Waals surface area contributed by atoms with Crippen molar-refractivity contribution < 1.29 is 49.0 Å². The van der Waals surface area contributed by atoms with Gasteiger partial charge >= 0.3 is 35.7 Å². The number of amides is 1. The van der Waals surface area contributed by atoms with Crippen LogP contribution in [0.3, 0.4) is 0 Å². The Labute approximate surface area is 137 Å². The summed E-state index contributed by atoms with van der Waals surface area (Å²) in [6, 6.07) is -1.01. The fraction of sp³-hybridized carbons (Fsp3) is 0.833. The molecular formula is C12H23N2NaO4. The molecule has 6 nitrogen and oxygen atoms in total. The van der Waals surface area contributed by atoms with Crippen molar-refractivity contribution in [3.05, 3.63) is 0 Å². The van der Waals surface area contributed by atoms with Crippen LogP contribution in [0.5, 0.6) is 0 Å². The van der Waals surface area contributed by atoms with E-state index in [4.69, 9.17) is 4.74 Å². The summed E-state index contributed by atoms with van der Waals surface area (Å²) in [6.45, 7) is 5.89. The van der Waals surface area contributed by atoms with Crippen LogP contribution in [-0.2, 0) is 9.53 Å². The van der Waals surface area contributed by atoms with E-state index in [-0.39, 0.29) is 29.6 Å². The first kappa shape index (κ1) is 21.0. The molecule has 7 heteroatoms. The largest absolute Gasteiger partial charge is 1.00 e. The molecule has 106 valence electrons. The van der Waals surface area contributed by atoms with Crippen molar-refractivity contribution in [1.82, 2.24) is 10.2 Å². The molecule has 0 heterocycles. The third-order valence-electron chi connectivity index (χ3n) is 2.07. The van der Waals surface area contributed by atoms with Crippen molar-refractivity contribution in [3.63, 3.8) is 0 Å². The normalized spacial score (nSPS) is 12.5. The van der Waals surface area contributed by atoms with E-state index in [2.05, 4.69) is 5.32 Å². The summed E-state index contributed by atoms with van der Waals surface area (Å²) >= 11 is 0. The Morgan fingerprint density at radius 1 is 1.32 bits per heavy atom. The summed E-state index contributed by atoms with van der Waals surface area (Å²) in [7, 11) is 3.80. The van der Waals surface area contributed by atoms with Gasteiger partial charge in [-0.25, -0.2) is 4.79 Å². The maximum absolute atomic E-state index is 11.4. The van der Waals surface area contributed by atoms with Gasteiger partial charge in [0.2, 0.25) is 0 Å². The fourth-order valence-electron chi connectivity index (χ4n) is 1.31. The first-order valence-corrected chi connectivity index (χ1v) is 5.97. The van der Waals surface area contributed by atoms with Crippen LogP contribution in [0.15, 0.2) is 0 Å². The molecule has 0 aliphatic carbocycles. The predicted octanol–water partition coefficient (Wildman–Crippen LogP) is -3.02. The summed E-state index contributed by atoms with van der Waals surface area (Å²) in [5.74, 6) is -1.29. The Bertz CT molecular complexity index is 290. The minimum absolute atomic E-state index is 0. The van der Waals surface area contributed by atoms with E-state index < -0.39 is 23.7 Å². The van der Waals surface area contributed by atoms with Crippen LogP contribution in [0.25, 0.3) is 0 Å². The summed E-state index contributed by atoms with van der Waals surface area (Å²) in [5, 5.41) is 13.2. The minimum atomic E-state index is -1.29. The number of rotatable bonds is 6. The van der Waals surface area contributed by atoms with Crippen LogP contribution in [0.2, 0.25) is 0 Å². The van der Waals surface area contributed by atoms with Gasteiger partial charge in [0.15, 0.2) is 0 Å². The number of hydrogen-bond donors (Lipinski definition) is 1. The maximum Gasteiger partial charge on any atom is 1.00 e. The predicted molar refractivity (Wildman–Crippen MR) is 66.0 cm³/mol. The molecule has 0 spiro atoms. The second kappa shape index (κ2) is 9.58. The van der Waals surface area contributed by atoms with Gasteiger partial charge in [-0.05, 0) is 54.3 Å². The zero-order valence-corrected chi connectivity index (χ0v) is 14.8. The van der Waals surface area contributed by atoms with Gasteiger partial charge in [-0.3, -0.25) is 0 Å². The third kappa shape index (κ3) is 12.5. The van der Waals surface area contributed by atoms with Gasteiger partial charge in [-0.15, -0.1) is 0 Å². The molecule has 1 atom stereocenters. The molecule has 0 bridgehead atoms. The topological polar surface area (TPSA) is 81.7 Å². The van der Waals surface area contributed by atoms with Crippen molar-refractivity contribution >= 4 is 12.1 Å². The molecule has 0 aliphatic heterocycles. The van der Waals surface area contributed by atoms with Crippen molar-refractivity contribution in [2.24, 2.45) is 0 Å². The van der Waals surface area contributed by atoms with Crippen molar-refractivity contribution in [2.75, 3.05) is 20.6 Å². The van der Waals surface area contributed by atoms with Crippen LogP contribution >= 0.6 is 0 Å². The molecule has 0 radical (unpaired) electrons. The number of nitrogens with one attached hydrogen (secondary N) is 1. The molecule has 0 fully saturated rings. The van der Waals surface area contributed by atoms with E-state index in [1.807, 2.05) is 19.0 Å². The van der Waals surface area contributed by atoms with Crippen LogP contribution in [0.4, 0.5) is 4.79 Å². The third-order valence-corrected chi connectivity index (χ3v) is 2.07. The molecular weight excluding hydrogens is 259 g/mol. The van der Waals surface area contributed by atoms with Crippen LogP contribution in [-0.4, -0.2) is 49.2 Å². The van der Waals surface area contributed by atoms with Gasteiger partial charge in [-0.1, -0.05) is 0 Å². The molecule has 0 saturated carbocycles. The summed E-state index contributed by atoms with van der Waals surface area (Å²) in [4.78, 5) is 24.3. The fourth-order valence-corrected chi connectivity index (χ4v) is 1.31. The van der Waals surface area contributed by atoms with E-state index >= 15 is 0 Å². The van der Waals surface area contributed by atoms with E-state index in [0.717, 1.165) is 6.54 Å². The molecule has 0 unspecified atom stereocenters. The number of carboxylic acids is 1. The van der Waals surface area contributed by atoms with Gasteiger partial charge in [0.1, 0.15) is 5.60 Å². The second-order valence-corrected chi connectivity index (χ2v) is 5.46. The van der Waals surface area contributed by atoms with Crippen LogP contribution in [0, 0.1) is 0 Å². The molecule has 0 aromatic rings. The average Bonchev–Trinajstić information content (AvgIpc) is 2.12. The molecule has 0 saturated heterocycles. The molecule has 0 aromatic heterocycles.